The van der Waals surface area contributed by atoms with Gasteiger partial charge in [0.05, 0.1) is 12.6 Å². The lowest BCUT2D eigenvalue weighted by Gasteiger charge is -1.90. The van der Waals surface area contributed by atoms with Crippen LogP contribution in [0, 0.1) is 0 Å². The van der Waals surface area contributed by atoms with Crippen LogP contribution < -0.4 is 0 Å². The van der Waals surface area contributed by atoms with Crippen molar-refractivity contribution < 1.29 is 9.53 Å². The van der Waals surface area contributed by atoms with Gasteiger partial charge in [0.25, 0.3) is 0 Å². The Kier molecular flexibility index (Phi) is 1.73. The van der Waals surface area contributed by atoms with Crippen LogP contribution in [0.4, 0.5) is 0 Å². The van der Waals surface area contributed by atoms with Gasteiger partial charge in [0.15, 0.2) is 5.69 Å². The molecule has 0 aliphatic carbocycles. The summed E-state index contributed by atoms with van der Waals surface area (Å²) < 4.78 is 6.18. The molecule has 0 radical (unpaired) electrons. The molecular weight excluding hydrogens is 168 g/mol. The number of pyridine rings is 1. The summed E-state index contributed by atoms with van der Waals surface area (Å²) in [6.07, 6.45) is 1.78. The molecule has 0 saturated carbocycles. The monoisotopic (exact) mass is 176 g/mol. The zero-order chi connectivity index (χ0) is 9.26. The van der Waals surface area contributed by atoms with Gasteiger partial charge in [0.2, 0.25) is 0 Å². The Labute approximate surface area is 74.7 Å². The molecule has 2 heterocycles. The van der Waals surface area contributed by atoms with Crippen LogP contribution in [0.1, 0.15) is 10.5 Å². The van der Waals surface area contributed by atoms with Gasteiger partial charge in [-0.2, -0.15) is 5.10 Å². The van der Waals surface area contributed by atoms with Crippen molar-refractivity contribution in [2.75, 3.05) is 7.11 Å². The number of rotatable bonds is 1. The molecule has 4 nitrogen and oxygen atoms in total. The first-order chi connectivity index (χ1) is 6.31. The summed E-state index contributed by atoms with van der Waals surface area (Å²) in [6, 6.07) is 7.30. The number of hydrogen-bond donors (Lipinski definition) is 0. The molecule has 0 bridgehead atoms. The van der Waals surface area contributed by atoms with E-state index in [-0.39, 0.29) is 0 Å². The molecule has 0 aliphatic heterocycles. The molecule has 0 atom stereocenters. The van der Waals surface area contributed by atoms with Crippen LogP contribution in [0.25, 0.3) is 5.52 Å². The quantitative estimate of drug-likeness (QED) is 0.611. The zero-order valence-corrected chi connectivity index (χ0v) is 7.10. The fourth-order valence-corrected chi connectivity index (χ4v) is 1.14. The fraction of sp³-hybridized carbons (Fsp3) is 0.111. The molecule has 0 N–H and O–H groups in total. The Balaban J connectivity index is 2.56. The Morgan fingerprint density at radius 3 is 3.08 bits per heavy atom. The number of fused-ring (bicyclic) bond motifs is 1. The number of aromatic nitrogens is 2. The molecule has 0 spiro atoms. The van der Waals surface area contributed by atoms with Crippen LogP contribution in [0.2, 0.25) is 0 Å². The third-order valence-corrected chi connectivity index (χ3v) is 1.76. The highest BCUT2D eigenvalue weighted by atomic mass is 16.5. The number of nitrogens with zero attached hydrogens (tertiary/aromatic N) is 2. The van der Waals surface area contributed by atoms with Crippen molar-refractivity contribution in [2.45, 2.75) is 0 Å². The molecule has 0 unspecified atom stereocenters. The van der Waals surface area contributed by atoms with Crippen molar-refractivity contribution in [1.82, 2.24) is 9.61 Å². The van der Waals surface area contributed by atoms with E-state index in [0.29, 0.717) is 5.69 Å². The predicted molar refractivity (Wildman–Crippen MR) is 46.5 cm³/mol. The molecular formula is C9H8N2O2. The summed E-state index contributed by atoms with van der Waals surface area (Å²) in [6.45, 7) is 0. The van der Waals surface area contributed by atoms with E-state index in [4.69, 9.17) is 0 Å². The number of ether oxygens (including phenoxy) is 1. The van der Waals surface area contributed by atoms with Gasteiger partial charge in [0, 0.05) is 6.20 Å². The van der Waals surface area contributed by atoms with Gasteiger partial charge in [-0.3, -0.25) is 0 Å². The highest BCUT2D eigenvalue weighted by molar-refractivity contribution is 5.88. The number of carbonyl (C=O) groups excluding carboxylic acids is 1. The SMILES string of the molecule is COC(=O)c1cc2ccccn2n1. The Morgan fingerprint density at radius 1 is 1.54 bits per heavy atom. The first kappa shape index (κ1) is 7.79. The van der Waals surface area contributed by atoms with Gasteiger partial charge < -0.3 is 4.74 Å². The van der Waals surface area contributed by atoms with E-state index in [2.05, 4.69) is 9.84 Å². The molecule has 2 rings (SSSR count). The van der Waals surface area contributed by atoms with E-state index < -0.39 is 5.97 Å². The number of carbonyl (C=O) groups is 1. The summed E-state index contributed by atoms with van der Waals surface area (Å²) in [5.74, 6) is -0.413. The largest absolute Gasteiger partial charge is 0.464 e. The normalized spacial score (nSPS) is 10.2. The van der Waals surface area contributed by atoms with E-state index >= 15 is 0 Å². The van der Waals surface area contributed by atoms with Crippen molar-refractivity contribution in [3.63, 3.8) is 0 Å². The third-order valence-electron chi connectivity index (χ3n) is 1.76. The van der Waals surface area contributed by atoms with Crippen LogP contribution in [-0.4, -0.2) is 22.7 Å². The van der Waals surface area contributed by atoms with Crippen LogP contribution in [0.5, 0.6) is 0 Å². The van der Waals surface area contributed by atoms with Gasteiger partial charge in [-0.1, -0.05) is 6.07 Å². The average molecular weight is 176 g/mol. The van der Waals surface area contributed by atoms with E-state index in [0.717, 1.165) is 5.52 Å². The molecule has 2 aromatic heterocycles. The van der Waals surface area contributed by atoms with Crippen LogP contribution in [-0.2, 0) is 4.74 Å². The highest BCUT2D eigenvalue weighted by Crippen LogP contribution is 2.06. The molecule has 2 aromatic rings. The van der Waals surface area contributed by atoms with E-state index in [1.54, 1.807) is 16.8 Å². The third kappa shape index (κ3) is 1.26. The van der Waals surface area contributed by atoms with Gasteiger partial charge in [-0.25, -0.2) is 9.31 Å². The highest BCUT2D eigenvalue weighted by Gasteiger charge is 2.09. The molecule has 4 heteroatoms. The average Bonchev–Trinajstić information content (AvgIpc) is 2.59. The van der Waals surface area contributed by atoms with Crippen molar-refractivity contribution in [3.05, 3.63) is 36.2 Å². The maximum Gasteiger partial charge on any atom is 0.358 e. The molecule has 0 saturated heterocycles. The minimum Gasteiger partial charge on any atom is -0.464 e. The van der Waals surface area contributed by atoms with Crippen molar-refractivity contribution in [1.29, 1.82) is 0 Å². The van der Waals surface area contributed by atoms with E-state index in [9.17, 15) is 4.79 Å². The van der Waals surface area contributed by atoms with E-state index in [1.165, 1.54) is 7.11 Å². The second kappa shape index (κ2) is 2.90. The summed E-state index contributed by atoms with van der Waals surface area (Å²) >= 11 is 0. The molecule has 66 valence electrons. The smallest absolute Gasteiger partial charge is 0.358 e. The van der Waals surface area contributed by atoms with Crippen LogP contribution in [0.15, 0.2) is 30.5 Å². The predicted octanol–water partition coefficient (Wildman–Crippen LogP) is 1.12. The fourth-order valence-electron chi connectivity index (χ4n) is 1.14. The second-order valence-corrected chi connectivity index (χ2v) is 2.59. The van der Waals surface area contributed by atoms with Crippen LogP contribution in [0.3, 0.4) is 0 Å². The van der Waals surface area contributed by atoms with Crippen LogP contribution >= 0.6 is 0 Å². The number of hydrogen-bond acceptors (Lipinski definition) is 3. The lowest BCUT2D eigenvalue weighted by Crippen LogP contribution is -2.01. The Bertz CT molecular complexity index is 415. The summed E-state index contributed by atoms with van der Waals surface area (Å²) in [7, 11) is 1.34. The van der Waals surface area contributed by atoms with Gasteiger partial charge in [-0.15, -0.1) is 0 Å². The van der Waals surface area contributed by atoms with Crippen molar-refractivity contribution in [2.24, 2.45) is 0 Å². The minimum absolute atomic E-state index is 0.328. The van der Waals surface area contributed by atoms with Crippen molar-refractivity contribution >= 4 is 11.5 Å². The second-order valence-electron chi connectivity index (χ2n) is 2.59. The lowest BCUT2D eigenvalue weighted by molar-refractivity contribution is 0.0593. The molecule has 13 heavy (non-hydrogen) atoms. The topological polar surface area (TPSA) is 43.6 Å². The Hall–Kier alpha value is -1.84. The lowest BCUT2D eigenvalue weighted by atomic mass is 10.3. The molecule has 0 fully saturated rings. The number of methoxy groups -OCH3 is 1. The maximum atomic E-state index is 11.1. The Morgan fingerprint density at radius 2 is 2.38 bits per heavy atom. The zero-order valence-electron chi connectivity index (χ0n) is 7.10. The standard InChI is InChI=1S/C9H8N2O2/c1-13-9(12)8-6-7-4-2-3-5-11(7)10-8/h2-6H,1H3. The minimum atomic E-state index is -0.413. The first-order valence-electron chi connectivity index (χ1n) is 3.84. The van der Waals surface area contributed by atoms with E-state index in [1.807, 2.05) is 18.2 Å². The van der Waals surface area contributed by atoms with Crippen molar-refractivity contribution in [3.8, 4) is 0 Å². The first-order valence-corrected chi connectivity index (χ1v) is 3.84. The van der Waals surface area contributed by atoms with Gasteiger partial charge in [-0.05, 0) is 18.2 Å². The number of esters is 1. The maximum absolute atomic E-state index is 11.1. The summed E-state index contributed by atoms with van der Waals surface area (Å²) in [4.78, 5) is 11.1. The molecule has 0 aliphatic rings. The van der Waals surface area contributed by atoms with Gasteiger partial charge >= 0.3 is 5.97 Å². The summed E-state index contributed by atoms with van der Waals surface area (Å²) in [5.41, 5.74) is 1.21. The van der Waals surface area contributed by atoms with Gasteiger partial charge in [0.1, 0.15) is 0 Å². The molecule has 0 aromatic carbocycles. The molecule has 0 amide bonds. The summed E-state index contributed by atoms with van der Waals surface area (Å²) in [5, 5.41) is 4.03.